The smallest absolute Gasteiger partial charge is 0.266 e. The van der Waals surface area contributed by atoms with Crippen molar-refractivity contribution in [1.29, 1.82) is 0 Å². The van der Waals surface area contributed by atoms with Crippen LogP contribution in [0, 0.1) is 11.8 Å². The minimum absolute atomic E-state index is 0.151. The Hall–Kier alpha value is -0.910. The van der Waals surface area contributed by atoms with Crippen LogP contribution in [0.25, 0.3) is 0 Å². The number of halogens is 2. The highest BCUT2D eigenvalue weighted by molar-refractivity contribution is 6.30. The number of nitrogens with one attached hydrogen (secondary N) is 1. The molecule has 0 aliphatic rings. The predicted molar refractivity (Wildman–Crippen MR) is 54.3 cm³/mol. The third kappa shape index (κ3) is 3.14. The van der Waals surface area contributed by atoms with Gasteiger partial charge in [-0.25, -0.2) is 0 Å². The fraction of sp³-hybridized carbons (Fsp3) is 0.222. The standard InChI is InChI=1S/C9H7Cl2NO/c10-4-2-1-3-7-5-8(11)9(13)12-6-7/h5-6H,2,4H2,(H,12,13). The molecule has 1 rings (SSSR count). The van der Waals surface area contributed by atoms with Gasteiger partial charge in [-0.2, -0.15) is 0 Å². The van der Waals surface area contributed by atoms with Gasteiger partial charge < -0.3 is 4.98 Å². The minimum atomic E-state index is -0.301. The summed E-state index contributed by atoms with van der Waals surface area (Å²) in [5.74, 6) is 6.16. The number of alkyl halides is 1. The van der Waals surface area contributed by atoms with Crippen LogP contribution in [0.4, 0.5) is 0 Å². The van der Waals surface area contributed by atoms with Crippen LogP contribution in [-0.2, 0) is 0 Å². The molecule has 1 N–H and O–H groups in total. The summed E-state index contributed by atoms with van der Waals surface area (Å²) in [6.07, 6.45) is 2.15. The molecular weight excluding hydrogens is 209 g/mol. The second-order valence-corrected chi connectivity index (χ2v) is 3.09. The van der Waals surface area contributed by atoms with Crippen molar-refractivity contribution >= 4 is 23.2 Å². The Bertz CT molecular complexity index is 400. The van der Waals surface area contributed by atoms with Crippen LogP contribution in [0.15, 0.2) is 17.1 Å². The van der Waals surface area contributed by atoms with Gasteiger partial charge in [-0.3, -0.25) is 4.79 Å². The summed E-state index contributed by atoms with van der Waals surface area (Å²) in [5.41, 5.74) is 0.388. The largest absolute Gasteiger partial charge is 0.327 e. The van der Waals surface area contributed by atoms with Crippen molar-refractivity contribution in [1.82, 2.24) is 4.98 Å². The van der Waals surface area contributed by atoms with E-state index in [4.69, 9.17) is 23.2 Å². The molecule has 0 atom stereocenters. The molecule has 0 bridgehead atoms. The van der Waals surface area contributed by atoms with Gasteiger partial charge in [-0.15, -0.1) is 11.6 Å². The topological polar surface area (TPSA) is 32.9 Å². The monoisotopic (exact) mass is 215 g/mol. The average molecular weight is 216 g/mol. The van der Waals surface area contributed by atoms with Gasteiger partial charge in [0.15, 0.2) is 0 Å². The highest BCUT2D eigenvalue weighted by atomic mass is 35.5. The lowest BCUT2D eigenvalue weighted by Gasteiger charge is -1.90. The van der Waals surface area contributed by atoms with Crippen LogP contribution >= 0.6 is 23.2 Å². The van der Waals surface area contributed by atoms with Gasteiger partial charge >= 0.3 is 0 Å². The predicted octanol–water partition coefficient (Wildman–Crippen LogP) is 2.01. The van der Waals surface area contributed by atoms with Crippen molar-refractivity contribution in [2.24, 2.45) is 0 Å². The number of hydrogen-bond donors (Lipinski definition) is 1. The van der Waals surface area contributed by atoms with Gasteiger partial charge in [0.25, 0.3) is 5.56 Å². The van der Waals surface area contributed by atoms with Crippen molar-refractivity contribution in [3.05, 3.63) is 33.2 Å². The third-order valence-electron chi connectivity index (χ3n) is 1.31. The Kier molecular flexibility index (Phi) is 3.88. The number of rotatable bonds is 1. The summed E-state index contributed by atoms with van der Waals surface area (Å²) in [6, 6.07) is 1.53. The van der Waals surface area contributed by atoms with Crippen LogP contribution in [0.5, 0.6) is 0 Å². The van der Waals surface area contributed by atoms with Gasteiger partial charge in [0, 0.05) is 24.1 Å². The van der Waals surface area contributed by atoms with E-state index in [9.17, 15) is 4.79 Å². The van der Waals surface area contributed by atoms with E-state index in [-0.39, 0.29) is 10.6 Å². The lowest BCUT2D eigenvalue weighted by atomic mass is 10.3. The molecule has 0 aromatic carbocycles. The zero-order valence-electron chi connectivity index (χ0n) is 6.73. The van der Waals surface area contributed by atoms with E-state index in [1.165, 1.54) is 12.3 Å². The van der Waals surface area contributed by atoms with E-state index in [0.717, 1.165) is 0 Å². The van der Waals surface area contributed by atoms with E-state index in [2.05, 4.69) is 16.8 Å². The molecule has 4 heteroatoms. The summed E-state index contributed by atoms with van der Waals surface area (Å²) < 4.78 is 0. The molecule has 1 heterocycles. The first-order valence-corrected chi connectivity index (χ1v) is 4.58. The Balaban J connectivity index is 2.87. The number of hydrogen-bond acceptors (Lipinski definition) is 1. The number of aromatic amines is 1. The van der Waals surface area contributed by atoms with Gasteiger partial charge in [0.1, 0.15) is 5.02 Å². The molecule has 0 unspecified atom stereocenters. The third-order valence-corrected chi connectivity index (χ3v) is 1.78. The maximum absolute atomic E-state index is 10.8. The maximum atomic E-state index is 10.8. The van der Waals surface area contributed by atoms with Crippen molar-refractivity contribution in [3.8, 4) is 11.8 Å². The lowest BCUT2D eigenvalue weighted by molar-refractivity contribution is 1.23. The van der Waals surface area contributed by atoms with Crippen LogP contribution < -0.4 is 5.56 Å². The molecule has 0 radical (unpaired) electrons. The summed E-state index contributed by atoms with van der Waals surface area (Å²) in [5, 5.41) is 0.151. The number of pyridine rings is 1. The molecule has 0 saturated carbocycles. The fourth-order valence-corrected chi connectivity index (χ4v) is 1.01. The molecule has 0 aliphatic heterocycles. The summed E-state index contributed by atoms with van der Waals surface area (Å²) >= 11 is 11.0. The van der Waals surface area contributed by atoms with Crippen LogP contribution in [0.2, 0.25) is 5.02 Å². The van der Waals surface area contributed by atoms with Crippen molar-refractivity contribution in [2.75, 3.05) is 5.88 Å². The Morgan fingerprint density at radius 2 is 2.31 bits per heavy atom. The average Bonchev–Trinajstić information content (AvgIpc) is 2.12. The molecule has 0 amide bonds. The first-order valence-electron chi connectivity index (χ1n) is 3.67. The summed E-state index contributed by atoms with van der Waals surface area (Å²) in [4.78, 5) is 13.3. The molecule has 13 heavy (non-hydrogen) atoms. The second-order valence-electron chi connectivity index (χ2n) is 2.31. The molecule has 2 nitrogen and oxygen atoms in total. The van der Waals surface area contributed by atoms with Crippen molar-refractivity contribution in [3.63, 3.8) is 0 Å². The molecule has 0 aliphatic carbocycles. The van der Waals surface area contributed by atoms with Crippen LogP contribution in [-0.4, -0.2) is 10.9 Å². The molecule has 1 aromatic heterocycles. The first kappa shape index (κ1) is 10.2. The normalized spacial score (nSPS) is 9.08. The zero-order valence-corrected chi connectivity index (χ0v) is 8.24. The number of H-pyrrole nitrogens is 1. The van der Waals surface area contributed by atoms with E-state index in [1.807, 2.05) is 0 Å². The van der Waals surface area contributed by atoms with E-state index >= 15 is 0 Å². The van der Waals surface area contributed by atoms with Gasteiger partial charge in [-0.05, 0) is 6.07 Å². The van der Waals surface area contributed by atoms with Crippen LogP contribution in [0.3, 0.4) is 0 Å². The Morgan fingerprint density at radius 1 is 1.54 bits per heavy atom. The van der Waals surface area contributed by atoms with E-state index in [0.29, 0.717) is 17.9 Å². The maximum Gasteiger partial charge on any atom is 0.266 e. The number of aromatic nitrogens is 1. The summed E-state index contributed by atoms with van der Waals surface area (Å²) in [6.45, 7) is 0. The lowest BCUT2D eigenvalue weighted by Crippen LogP contribution is -2.04. The molecule has 0 spiro atoms. The van der Waals surface area contributed by atoms with Gasteiger partial charge in [0.2, 0.25) is 0 Å². The first-order chi connectivity index (χ1) is 6.24. The molecular formula is C9H7Cl2NO. The molecule has 68 valence electrons. The van der Waals surface area contributed by atoms with Crippen LogP contribution in [0.1, 0.15) is 12.0 Å². The van der Waals surface area contributed by atoms with Crippen molar-refractivity contribution < 1.29 is 0 Å². The minimum Gasteiger partial charge on any atom is -0.327 e. The highest BCUT2D eigenvalue weighted by Gasteiger charge is 1.94. The van der Waals surface area contributed by atoms with Gasteiger partial charge in [-0.1, -0.05) is 23.4 Å². The Morgan fingerprint density at radius 3 is 2.92 bits per heavy atom. The molecule has 0 fully saturated rings. The van der Waals surface area contributed by atoms with E-state index < -0.39 is 0 Å². The molecule has 1 aromatic rings. The van der Waals surface area contributed by atoms with Gasteiger partial charge in [0.05, 0.1) is 0 Å². The quantitative estimate of drug-likeness (QED) is 0.565. The Labute approximate surface area is 85.9 Å². The second kappa shape index (κ2) is 4.96. The molecule has 0 saturated heterocycles. The summed E-state index contributed by atoms with van der Waals surface area (Å²) in [7, 11) is 0. The highest BCUT2D eigenvalue weighted by Crippen LogP contribution is 2.02. The fourth-order valence-electron chi connectivity index (χ4n) is 0.740. The van der Waals surface area contributed by atoms with E-state index in [1.54, 1.807) is 0 Å². The van der Waals surface area contributed by atoms with Crippen molar-refractivity contribution in [2.45, 2.75) is 6.42 Å². The SMILES string of the molecule is O=c1[nH]cc(C#CCCCl)cc1Cl. The zero-order chi connectivity index (χ0) is 9.68.